The Morgan fingerprint density at radius 2 is 2.08 bits per heavy atom. The molecule has 1 rings (SSSR count). The first-order chi connectivity index (χ1) is 6.29. The highest BCUT2D eigenvalue weighted by atomic mass is 16.3. The van der Waals surface area contributed by atoms with E-state index in [2.05, 4.69) is 19.2 Å². The van der Waals surface area contributed by atoms with E-state index in [0.717, 1.165) is 25.4 Å². The predicted octanol–water partition coefficient (Wildman–Crippen LogP) is 1.78. The summed E-state index contributed by atoms with van der Waals surface area (Å²) >= 11 is 0. The van der Waals surface area contributed by atoms with Gasteiger partial charge in [-0.15, -0.1) is 0 Å². The normalized spacial score (nSPS) is 27.5. The van der Waals surface area contributed by atoms with Crippen LogP contribution in [0.5, 0.6) is 0 Å². The van der Waals surface area contributed by atoms with Crippen LogP contribution in [0.4, 0.5) is 0 Å². The minimum Gasteiger partial charge on any atom is -0.396 e. The summed E-state index contributed by atoms with van der Waals surface area (Å²) in [6.07, 6.45) is 4.70. The largest absolute Gasteiger partial charge is 0.396 e. The van der Waals surface area contributed by atoms with E-state index in [4.69, 9.17) is 5.11 Å². The molecule has 1 atom stereocenters. The second-order valence-electron chi connectivity index (χ2n) is 4.24. The Labute approximate surface area is 81.7 Å². The van der Waals surface area contributed by atoms with E-state index < -0.39 is 0 Å². The summed E-state index contributed by atoms with van der Waals surface area (Å²) in [4.78, 5) is 0. The molecule has 0 aromatic carbocycles. The lowest BCUT2D eigenvalue weighted by Crippen LogP contribution is -2.46. The van der Waals surface area contributed by atoms with E-state index in [9.17, 15) is 0 Å². The molecule has 2 heteroatoms. The minimum atomic E-state index is 0.354. The quantitative estimate of drug-likeness (QED) is 0.700. The molecule has 0 bridgehead atoms. The molecule has 0 aromatic heterocycles. The zero-order valence-electron chi connectivity index (χ0n) is 8.97. The van der Waals surface area contributed by atoms with Crippen molar-refractivity contribution in [2.75, 3.05) is 19.7 Å². The van der Waals surface area contributed by atoms with Crippen molar-refractivity contribution >= 4 is 0 Å². The first kappa shape index (κ1) is 11.0. The molecule has 0 amide bonds. The number of nitrogens with one attached hydrogen (secondary N) is 1. The van der Waals surface area contributed by atoms with Gasteiger partial charge in [0.2, 0.25) is 0 Å². The molecule has 0 spiro atoms. The number of aliphatic hydroxyl groups is 1. The Morgan fingerprint density at radius 1 is 1.38 bits per heavy atom. The summed E-state index contributed by atoms with van der Waals surface area (Å²) in [7, 11) is 0. The van der Waals surface area contributed by atoms with Gasteiger partial charge in [0.05, 0.1) is 0 Å². The Kier molecular flexibility index (Phi) is 4.20. The lowest BCUT2D eigenvalue weighted by Gasteiger charge is -2.43. The van der Waals surface area contributed by atoms with Gasteiger partial charge in [-0.25, -0.2) is 0 Å². The number of piperidine rings is 1. The standard InChI is InChI=1S/C11H23NO/c1-3-11(4-2)9-12-7-5-10(11)6-8-13/h10,12-13H,3-9H2,1-2H3. The van der Waals surface area contributed by atoms with Crippen molar-refractivity contribution in [3.63, 3.8) is 0 Å². The number of hydrogen-bond donors (Lipinski definition) is 2. The SMILES string of the molecule is CCC1(CC)CNCCC1CCO. The fraction of sp³-hybridized carbons (Fsp3) is 1.00. The van der Waals surface area contributed by atoms with Gasteiger partial charge in [-0.2, -0.15) is 0 Å². The van der Waals surface area contributed by atoms with Crippen LogP contribution in [-0.4, -0.2) is 24.8 Å². The smallest absolute Gasteiger partial charge is 0.0433 e. The molecule has 1 heterocycles. The first-order valence-corrected chi connectivity index (χ1v) is 5.60. The summed E-state index contributed by atoms with van der Waals surface area (Å²) in [5.41, 5.74) is 0.459. The van der Waals surface area contributed by atoms with E-state index in [-0.39, 0.29) is 0 Å². The van der Waals surface area contributed by atoms with E-state index in [1.165, 1.54) is 19.3 Å². The maximum atomic E-state index is 9.02. The van der Waals surface area contributed by atoms with Gasteiger partial charge in [-0.05, 0) is 43.6 Å². The highest BCUT2D eigenvalue weighted by molar-refractivity contribution is 4.90. The molecular weight excluding hydrogens is 162 g/mol. The topological polar surface area (TPSA) is 32.3 Å². The highest BCUT2D eigenvalue weighted by Gasteiger charge is 2.36. The summed E-state index contributed by atoms with van der Waals surface area (Å²) in [6, 6.07) is 0. The van der Waals surface area contributed by atoms with Crippen molar-refractivity contribution in [2.45, 2.75) is 39.5 Å². The third kappa shape index (κ3) is 2.23. The van der Waals surface area contributed by atoms with Crippen molar-refractivity contribution in [1.82, 2.24) is 5.32 Å². The molecule has 1 unspecified atom stereocenters. The molecule has 2 nitrogen and oxygen atoms in total. The van der Waals surface area contributed by atoms with Crippen LogP contribution in [-0.2, 0) is 0 Å². The summed E-state index contributed by atoms with van der Waals surface area (Å²) in [5.74, 6) is 0.730. The fourth-order valence-corrected chi connectivity index (χ4v) is 2.75. The Morgan fingerprint density at radius 3 is 2.62 bits per heavy atom. The lowest BCUT2D eigenvalue weighted by atomic mass is 9.67. The Balaban J connectivity index is 2.63. The maximum absolute atomic E-state index is 9.02. The molecule has 1 saturated heterocycles. The number of rotatable bonds is 4. The molecule has 78 valence electrons. The van der Waals surface area contributed by atoms with Gasteiger partial charge in [0.25, 0.3) is 0 Å². The average Bonchev–Trinajstić information content (AvgIpc) is 2.20. The number of hydrogen-bond acceptors (Lipinski definition) is 2. The van der Waals surface area contributed by atoms with Gasteiger partial charge < -0.3 is 10.4 Å². The molecule has 0 aromatic rings. The fourth-order valence-electron chi connectivity index (χ4n) is 2.75. The van der Waals surface area contributed by atoms with Gasteiger partial charge in [0.15, 0.2) is 0 Å². The zero-order valence-corrected chi connectivity index (χ0v) is 8.97. The van der Waals surface area contributed by atoms with Gasteiger partial charge >= 0.3 is 0 Å². The van der Waals surface area contributed by atoms with Crippen molar-refractivity contribution < 1.29 is 5.11 Å². The highest BCUT2D eigenvalue weighted by Crippen LogP contribution is 2.40. The molecule has 13 heavy (non-hydrogen) atoms. The van der Waals surface area contributed by atoms with E-state index in [1.54, 1.807) is 0 Å². The molecule has 0 aliphatic carbocycles. The van der Waals surface area contributed by atoms with Gasteiger partial charge in [0, 0.05) is 13.2 Å². The van der Waals surface area contributed by atoms with Crippen molar-refractivity contribution in [1.29, 1.82) is 0 Å². The molecule has 0 saturated carbocycles. The Hall–Kier alpha value is -0.0800. The van der Waals surface area contributed by atoms with Crippen LogP contribution in [0.2, 0.25) is 0 Å². The molecule has 0 radical (unpaired) electrons. The van der Waals surface area contributed by atoms with Crippen LogP contribution < -0.4 is 5.32 Å². The maximum Gasteiger partial charge on any atom is 0.0433 e. The molecule has 1 aliphatic heterocycles. The van der Waals surface area contributed by atoms with Crippen molar-refractivity contribution in [3.8, 4) is 0 Å². The average molecular weight is 185 g/mol. The minimum absolute atomic E-state index is 0.354. The van der Waals surface area contributed by atoms with Gasteiger partial charge in [0.1, 0.15) is 0 Å². The Bertz CT molecular complexity index is 141. The predicted molar refractivity (Wildman–Crippen MR) is 55.7 cm³/mol. The molecule has 1 fully saturated rings. The van der Waals surface area contributed by atoms with Crippen LogP contribution in [0.15, 0.2) is 0 Å². The second kappa shape index (κ2) is 4.97. The zero-order chi connectivity index (χ0) is 9.73. The molecular formula is C11H23NO. The van der Waals surface area contributed by atoms with Gasteiger partial charge in [-0.3, -0.25) is 0 Å². The molecule has 2 N–H and O–H groups in total. The van der Waals surface area contributed by atoms with Crippen LogP contribution in [0, 0.1) is 11.3 Å². The van der Waals surface area contributed by atoms with Crippen LogP contribution in [0.25, 0.3) is 0 Å². The monoisotopic (exact) mass is 185 g/mol. The van der Waals surface area contributed by atoms with Crippen molar-refractivity contribution in [2.24, 2.45) is 11.3 Å². The molecule has 1 aliphatic rings. The van der Waals surface area contributed by atoms with Gasteiger partial charge in [-0.1, -0.05) is 13.8 Å². The summed E-state index contributed by atoms with van der Waals surface area (Å²) < 4.78 is 0. The van der Waals surface area contributed by atoms with Crippen LogP contribution >= 0.6 is 0 Å². The summed E-state index contributed by atoms with van der Waals surface area (Å²) in [6.45, 7) is 7.19. The third-order valence-electron chi connectivity index (χ3n) is 3.90. The van der Waals surface area contributed by atoms with E-state index >= 15 is 0 Å². The van der Waals surface area contributed by atoms with Crippen LogP contribution in [0.3, 0.4) is 0 Å². The van der Waals surface area contributed by atoms with Crippen molar-refractivity contribution in [3.05, 3.63) is 0 Å². The first-order valence-electron chi connectivity index (χ1n) is 5.60. The number of aliphatic hydroxyl groups excluding tert-OH is 1. The summed E-state index contributed by atoms with van der Waals surface area (Å²) in [5, 5.41) is 12.5. The lowest BCUT2D eigenvalue weighted by molar-refractivity contribution is 0.0758. The van der Waals surface area contributed by atoms with E-state index in [0.29, 0.717) is 12.0 Å². The second-order valence-corrected chi connectivity index (χ2v) is 4.24. The third-order valence-corrected chi connectivity index (χ3v) is 3.90. The van der Waals surface area contributed by atoms with Crippen LogP contribution in [0.1, 0.15) is 39.5 Å². The van der Waals surface area contributed by atoms with E-state index in [1.807, 2.05) is 0 Å².